The van der Waals surface area contributed by atoms with Crippen LogP contribution in [0.1, 0.15) is 100 Å². The molecule has 1 aromatic heterocycles. The van der Waals surface area contributed by atoms with Gasteiger partial charge in [-0.15, -0.1) is 0 Å². The van der Waals surface area contributed by atoms with Gasteiger partial charge in [0.25, 0.3) is 0 Å². The highest BCUT2D eigenvalue weighted by molar-refractivity contribution is 5.59. The third kappa shape index (κ3) is 9.45. The third-order valence-electron chi connectivity index (χ3n) is 6.94. The number of aryl methyl sites for hydroxylation is 4. The summed E-state index contributed by atoms with van der Waals surface area (Å²) in [4.78, 5) is 4.73. The molecule has 1 heterocycles. The number of benzene rings is 2. The average molecular weight is 456 g/mol. The summed E-state index contributed by atoms with van der Waals surface area (Å²) >= 11 is 0. The summed E-state index contributed by atoms with van der Waals surface area (Å²) in [5.74, 6) is 0. The molecule has 3 aromatic rings. The number of nitrogens with zero attached hydrogens (tertiary/aromatic N) is 1. The molecule has 0 saturated carbocycles. The van der Waals surface area contributed by atoms with Crippen LogP contribution in [-0.4, -0.2) is 4.98 Å². The Kier molecular flexibility index (Phi) is 11.9. The largest absolute Gasteiger partial charge is 0.256 e. The van der Waals surface area contributed by atoms with Crippen molar-refractivity contribution in [1.29, 1.82) is 0 Å². The Balaban J connectivity index is 1.41. The minimum atomic E-state index is 1.08. The highest BCUT2D eigenvalue weighted by Gasteiger charge is 2.03. The van der Waals surface area contributed by atoms with Crippen LogP contribution in [0.25, 0.3) is 11.3 Å². The topological polar surface area (TPSA) is 12.9 Å². The normalized spacial score (nSPS) is 11.1. The van der Waals surface area contributed by atoms with Gasteiger partial charge in [-0.1, -0.05) is 120 Å². The van der Waals surface area contributed by atoms with Crippen molar-refractivity contribution < 1.29 is 0 Å². The number of hydrogen-bond donors (Lipinski definition) is 0. The third-order valence-corrected chi connectivity index (χ3v) is 6.94. The fourth-order valence-electron chi connectivity index (χ4n) is 4.61. The summed E-state index contributed by atoms with van der Waals surface area (Å²) in [5.41, 5.74) is 7.96. The summed E-state index contributed by atoms with van der Waals surface area (Å²) in [6.45, 7) is 4.55. The van der Waals surface area contributed by atoms with E-state index in [4.69, 9.17) is 4.98 Å². The molecule has 1 heteroatoms. The minimum Gasteiger partial charge on any atom is -0.256 e. The van der Waals surface area contributed by atoms with E-state index in [0.717, 1.165) is 25.0 Å². The van der Waals surface area contributed by atoms with Gasteiger partial charge in [-0.3, -0.25) is 4.98 Å². The zero-order chi connectivity index (χ0) is 23.8. The quantitative estimate of drug-likeness (QED) is 0.196. The average Bonchev–Trinajstić information content (AvgIpc) is 2.89. The van der Waals surface area contributed by atoms with E-state index in [-0.39, 0.29) is 0 Å². The fourth-order valence-corrected chi connectivity index (χ4v) is 4.61. The molecule has 34 heavy (non-hydrogen) atoms. The Hall–Kier alpha value is -2.41. The Morgan fingerprint density at radius 2 is 0.882 bits per heavy atom. The number of pyridine rings is 1. The molecule has 2 aromatic carbocycles. The first-order valence-corrected chi connectivity index (χ1v) is 13.9. The predicted octanol–water partition coefficient (Wildman–Crippen LogP) is 9.56. The van der Waals surface area contributed by atoms with E-state index >= 15 is 0 Å². The molecule has 0 fully saturated rings. The van der Waals surface area contributed by atoms with Crippen LogP contribution in [0, 0.1) is 0 Å². The van der Waals surface area contributed by atoms with Crippen LogP contribution in [0.2, 0.25) is 0 Å². The molecule has 0 bridgehead atoms. The van der Waals surface area contributed by atoms with Gasteiger partial charge < -0.3 is 0 Å². The van der Waals surface area contributed by atoms with E-state index in [1.165, 1.54) is 98.4 Å². The first-order chi connectivity index (χ1) is 16.8. The fraction of sp³-hybridized carbons (Fsp3) is 0.485. The maximum atomic E-state index is 4.73. The van der Waals surface area contributed by atoms with Gasteiger partial charge in [0, 0.05) is 11.8 Å². The number of unbranched alkanes of at least 4 members (excludes halogenated alkanes) is 8. The summed E-state index contributed by atoms with van der Waals surface area (Å²) in [6, 6.07) is 22.7. The van der Waals surface area contributed by atoms with Gasteiger partial charge in [0.15, 0.2) is 0 Å². The summed E-state index contributed by atoms with van der Waals surface area (Å²) in [7, 11) is 0. The molecule has 0 aliphatic heterocycles. The van der Waals surface area contributed by atoms with E-state index in [2.05, 4.69) is 80.7 Å². The maximum Gasteiger partial charge on any atom is 0.0702 e. The van der Waals surface area contributed by atoms with Gasteiger partial charge >= 0.3 is 0 Å². The molecule has 0 aliphatic rings. The van der Waals surface area contributed by atoms with Crippen molar-refractivity contribution in [2.24, 2.45) is 0 Å². The van der Waals surface area contributed by atoms with Crippen molar-refractivity contribution in [2.45, 2.75) is 104 Å². The van der Waals surface area contributed by atoms with Crippen LogP contribution in [-0.2, 0) is 25.7 Å². The van der Waals surface area contributed by atoms with Crippen molar-refractivity contribution in [2.75, 3.05) is 0 Å². The zero-order valence-corrected chi connectivity index (χ0v) is 21.7. The lowest BCUT2D eigenvalue weighted by Crippen LogP contribution is -1.93. The summed E-state index contributed by atoms with van der Waals surface area (Å²) < 4.78 is 0. The molecule has 0 aliphatic carbocycles. The highest BCUT2D eigenvalue weighted by Crippen LogP contribution is 2.20. The molecular formula is C33H45N. The van der Waals surface area contributed by atoms with E-state index in [1.54, 1.807) is 0 Å². The van der Waals surface area contributed by atoms with Crippen LogP contribution in [0.15, 0.2) is 66.9 Å². The SMILES string of the molecule is CCCCCCCc1ccc(CCc2ccc(-c3ccc(CCCCCCC)cn3)cc2)cc1. The van der Waals surface area contributed by atoms with Crippen molar-refractivity contribution in [1.82, 2.24) is 4.98 Å². The van der Waals surface area contributed by atoms with Gasteiger partial charge in [0.05, 0.1) is 5.69 Å². The van der Waals surface area contributed by atoms with Crippen molar-refractivity contribution >= 4 is 0 Å². The van der Waals surface area contributed by atoms with Crippen molar-refractivity contribution in [3.8, 4) is 11.3 Å². The molecule has 0 unspecified atom stereocenters. The van der Waals surface area contributed by atoms with Crippen LogP contribution in [0.4, 0.5) is 0 Å². The Bertz CT molecular complexity index is 906. The van der Waals surface area contributed by atoms with Gasteiger partial charge in [0.2, 0.25) is 0 Å². The zero-order valence-electron chi connectivity index (χ0n) is 21.7. The van der Waals surface area contributed by atoms with E-state index in [9.17, 15) is 0 Å². The lowest BCUT2D eigenvalue weighted by atomic mass is 10.00. The van der Waals surface area contributed by atoms with Gasteiger partial charge in [0.1, 0.15) is 0 Å². The predicted molar refractivity (Wildman–Crippen MR) is 148 cm³/mol. The maximum absolute atomic E-state index is 4.73. The van der Waals surface area contributed by atoms with Crippen LogP contribution in [0.5, 0.6) is 0 Å². The molecule has 0 atom stereocenters. The molecule has 0 N–H and O–H groups in total. The van der Waals surface area contributed by atoms with Gasteiger partial charge in [-0.2, -0.15) is 0 Å². The van der Waals surface area contributed by atoms with Crippen LogP contribution in [0.3, 0.4) is 0 Å². The second-order valence-electron chi connectivity index (χ2n) is 9.89. The second-order valence-corrected chi connectivity index (χ2v) is 9.89. The first kappa shape index (κ1) is 26.2. The van der Waals surface area contributed by atoms with E-state index in [1.807, 2.05) is 0 Å². The highest BCUT2D eigenvalue weighted by atomic mass is 14.7. The standard InChI is InChI=1S/C33H45N/c1-3-5-7-9-11-13-28-15-17-29(18-16-28)19-20-30-21-24-32(25-22-30)33-26-23-31(27-34-33)14-12-10-8-6-4-2/h15-18,21-27H,3-14,19-20H2,1-2H3. The Labute approximate surface area is 209 Å². The summed E-state index contributed by atoms with van der Waals surface area (Å²) in [6.07, 6.45) is 20.0. The smallest absolute Gasteiger partial charge is 0.0702 e. The minimum absolute atomic E-state index is 1.08. The summed E-state index contributed by atoms with van der Waals surface area (Å²) in [5, 5.41) is 0. The van der Waals surface area contributed by atoms with Gasteiger partial charge in [-0.25, -0.2) is 0 Å². The molecule has 182 valence electrons. The van der Waals surface area contributed by atoms with E-state index < -0.39 is 0 Å². The molecule has 0 amide bonds. The number of hydrogen-bond acceptors (Lipinski definition) is 1. The molecule has 0 spiro atoms. The van der Waals surface area contributed by atoms with Crippen molar-refractivity contribution in [3.05, 3.63) is 89.1 Å². The Morgan fingerprint density at radius 1 is 0.441 bits per heavy atom. The van der Waals surface area contributed by atoms with Gasteiger partial charge in [-0.05, 0) is 66.8 Å². The number of aromatic nitrogens is 1. The molecule has 0 saturated heterocycles. The molecule has 0 radical (unpaired) electrons. The van der Waals surface area contributed by atoms with Crippen LogP contribution >= 0.6 is 0 Å². The lowest BCUT2D eigenvalue weighted by molar-refractivity contribution is 0.632. The number of rotatable bonds is 16. The monoisotopic (exact) mass is 455 g/mol. The second kappa shape index (κ2) is 15.5. The lowest BCUT2D eigenvalue weighted by Gasteiger charge is -2.07. The van der Waals surface area contributed by atoms with Crippen LogP contribution < -0.4 is 0 Å². The first-order valence-electron chi connectivity index (χ1n) is 13.9. The van der Waals surface area contributed by atoms with Crippen molar-refractivity contribution in [3.63, 3.8) is 0 Å². The molecule has 3 rings (SSSR count). The van der Waals surface area contributed by atoms with E-state index in [0.29, 0.717) is 0 Å². The molecular weight excluding hydrogens is 410 g/mol. The Morgan fingerprint density at radius 3 is 1.38 bits per heavy atom. The molecule has 1 nitrogen and oxygen atoms in total.